The Labute approximate surface area is 65.8 Å². The molecule has 0 bridgehead atoms. The van der Waals surface area contributed by atoms with Gasteiger partial charge in [0.25, 0.3) is 0 Å². The molecule has 1 aliphatic carbocycles. The summed E-state index contributed by atoms with van der Waals surface area (Å²) in [6, 6.07) is 0.264. The zero-order chi connectivity index (χ0) is 7.90. The van der Waals surface area contributed by atoms with Crippen LogP contribution in [0.4, 0.5) is 0 Å². The Balaban J connectivity index is 2.21. The Morgan fingerprint density at radius 2 is 2.55 bits per heavy atom. The number of aliphatic hydroxyl groups excluding tert-OH is 1. The summed E-state index contributed by atoms with van der Waals surface area (Å²) in [5.74, 6) is 0.115. The van der Waals surface area contributed by atoms with Gasteiger partial charge >= 0.3 is 0 Å². The van der Waals surface area contributed by atoms with Crippen molar-refractivity contribution in [1.82, 2.24) is 5.32 Å². The molecule has 2 N–H and O–H groups in total. The first-order valence-corrected chi connectivity index (χ1v) is 4.17. The molecule has 11 heavy (non-hydrogen) atoms. The van der Waals surface area contributed by atoms with Crippen molar-refractivity contribution in [3.63, 3.8) is 0 Å². The molecule has 0 spiro atoms. The van der Waals surface area contributed by atoms with E-state index in [0.29, 0.717) is 6.42 Å². The van der Waals surface area contributed by atoms with Crippen molar-refractivity contribution in [1.29, 1.82) is 0 Å². The highest BCUT2D eigenvalue weighted by atomic mass is 16.3. The average Bonchev–Trinajstić information content (AvgIpc) is 2.43. The van der Waals surface area contributed by atoms with Crippen molar-refractivity contribution >= 4 is 5.91 Å². The van der Waals surface area contributed by atoms with Crippen LogP contribution in [0.15, 0.2) is 0 Å². The van der Waals surface area contributed by atoms with Crippen molar-refractivity contribution in [2.75, 3.05) is 6.61 Å². The van der Waals surface area contributed by atoms with Gasteiger partial charge in [0.2, 0.25) is 5.91 Å². The molecule has 0 radical (unpaired) electrons. The molecular formula is C8H13NO2. The predicted octanol–water partition coefficient (Wildman–Crippen LogP) is 0.0375. The largest absolute Gasteiger partial charge is 0.396 e. The fourth-order valence-corrected chi connectivity index (χ4v) is 2.39. The maximum absolute atomic E-state index is 11.0. The molecule has 2 rings (SSSR count). The minimum atomic E-state index is -0.0862. The number of hydrogen-bond donors (Lipinski definition) is 2. The van der Waals surface area contributed by atoms with Gasteiger partial charge in [-0.15, -0.1) is 0 Å². The van der Waals surface area contributed by atoms with Crippen LogP contribution >= 0.6 is 0 Å². The van der Waals surface area contributed by atoms with Crippen LogP contribution in [-0.2, 0) is 4.79 Å². The number of rotatable bonds is 1. The SMILES string of the molecule is O=C1CC2(CO)CCCC2N1. The van der Waals surface area contributed by atoms with E-state index in [1.165, 1.54) is 0 Å². The second-order valence-corrected chi connectivity index (χ2v) is 3.71. The third-order valence-electron chi connectivity index (χ3n) is 3.07. The van der Waals surface area contributed by atoms with Gasteiger partial charge in [0, 0.05) is 17.9 Å². The van der Waals surface area contributed by atoms with Gasteiger partial charge in [-0.2, -0.15) is 0 Å². The normalized spacial score (nSPS) is 42.3. The Bertz CT molecular complexity index is 193. The third-order valence-corrected chi connectivity index (χ3v) is 3.07. The van der Waals surface area contributed by atoms with Crippen LogP contribution in [0.2, 0.25) is 0 Å². The number of carbonyl (C=O) groups excluding carboxylic acids is 1. The zero-order valence-corrected chi connectivity index (χ0v) is 6.47. The first-order valence-electron chi connectivity index (χ1n) is 4.17. The third kappa shape index (κ3) is 0.872. The number of aliphatic hydroxyl groups is 1. The van der Waals surface area contributed by atoms with Gasteiger partial charge in [0.1, 0.15) is 0 Å². The van der Waals surface area contributed by atoms with E-state index in [9.17, 15) is 4.79 Å². The van der Waals surface area contributed by atoms with Crippen molar-refractivity contribution in [2.45, 2.75) is 31.7 Å². The standard InChI is InChI=1S/C8H13NO2/c10-5-8-3-1-2-6(8)9-7(11)4-8/h6,10H,1-5H2,(H,9,11). The first kappa shape index (κ1) is 7.10. The summed E-state index contributed by atoms with van der Waals surface area (Å²) in [6.45, 7) is 0.163. The highest BCUT2D eigenvalue weighted by molar-refractivity contribution is 5.80. The summed E-state index contributed by atoms with van der Waals surface area (Å²) >= 11 is 0. The van der Waals surface area contributed by atoms with Crippen LogP contribution in [0, 0.1) is 5.41 Å². The number of amides is 1. The quantitative estimate of drug-likeness (QED) is 0.561. The van der Waals surface area contributed by atoms with E-state index < -0.39 is 0 Å². The Hall–Kier alpha value is -0.570. The van der Waals surface area contributed by atoms with Crippen LogP contribution in [0.25, 0.3) is 0 Å². The smallest absolute Gasteiger partial charge is 0.220 e. The molecular weight excluding hydrogens is 142 g/mol. The fourth-order valence-electron chi connectivity index (χ4n) is 2.39. The molecule has 2 unspecified atom stereocenters. The van der Waals surface area contributed by atoms with Gasteiger partial charge < -0.3 is 10.4 Å². The molecule has 1 amide bonds. The Morgan fingerprint density at radius 1 is 1.73 bits per heavy atom. The molecule has 1 saturated carbocycles. The molecule has 2 aliphatic rings. The van der Waals surface area contributed by atoms with Gasteiger partial charge in [-0.1, -0.05) is 6.42 Å². The van der Waals surface area contributed by atoms with Crippen LogP contribution in [0.5, 0.6) is 0 Å². The molecule has 2 fully saturated rings. The second kappa shape index (κ2) is 2.21. The van der Waals surface area contributed by atoms with Crippen molar-refractivity contribution in [3.8, 4) is 0 Å². The lowest BCUT2D eigenvalue weighted by molar-refractivity contribution is -0.120. The van der Waals surface area contributed by atoms with Gasteiger partial charge in [0.15, 0.2) is 0 Å². The summed E-state index contributed by atoms with van der Waals surface area (Å²) in [6.07, 6.45) is 3.74. The van der Waals surface area contributed by atoms with Crippen molar-refractivity contribution < 1.29 is 9.90 Å². The lowest BCUT2D eigenvalue weighted by atomic mass is 9.83. The predicted molar refractivity (Wildman–Crippen MR) is 39.9 cm³/mol. The maximum Gasteiger partial charge on any atom is 0.220 e. The molecule has 1 heterocycles. The topological polar surface area (TPSA) is 49.3 Å². The Morgan fingerprint density at radius 3 is 3.18 bits per heavy atom. The van der Waals surface area contributed by atoms with Crippen LogP contribution < -0.4 is 5.32 Å². The van der Waals surface area contributed by atoms with E-state index in [4.69, 9.17) is 5.11 Å². The molecule has 0 aromatic rings. The van der Waals surface area contributed by atoms with E-state index in [0.717, 1.165) is 19.3 Å². The minimum Gasteiger partial charge on any atom is -0.396 e. The van der Waals surface area contributed by atoms with Gasteiger partial charge in [0.05, 0.1) is 6.61 Å². The van der Waals surface area contributed by atoms with Crippen molar-refractivity contribution in [2.24, 2.45) is 5.41 Å². The highest BCUT2D eigenvalue weighted by Gasteiger charge is 2.49. The van der Waals surface area contributed by atoms with E-state index in [2.05, 4.69) is 5.32 Å². The van der Waals surface area contributed by atoms with E-state index in [1.54, 1.807) is 0 Å². The lowest BCUT2D eigenvalue weighted by Gasteiger charge is -2.23. The molecule has 0 aromatic heterocycles. The van der Waals surface area contributed by atoms with Crippen LogP contribution in [0.1, 0.15) is 25.7 Å². The Kier molecular flexibility index (Phi) is 1.42. The number of carbonyl (C=O) groups is 1. The molecule has 1 saturated heterocycles. The summed E-state index contributed by atoms with van der Waals surface area (Å²) in [4.78, 5) is 11.0. The number of fused-ring (bicyclic) bond motifs is 1. The minimum absolute atomic E-state index is 0.0862. The van der Waals surface area contributed by atoms with E-state index in [1.807, 2.05) is 0 Å². The van der Waals surface area contributed by atoms with Crippen LogP contribution in [-0.4, -0.2) is 23.7 Å². The second-order valence-electron chi connectivity index (χ2n) is 3.71. The number of hydrogen-bond acceptors (Lipinski definition) is 2. The molecule has 1 aliphatic heterocycles. The monoisotopic (exact) mass is 155 g/mol. The first-order chi connectivity index (χ1) is 5.27. The van der Waals surface area contributed by atoms with E-state index >= 15 is 0 Å². The lowest BCUT2D eigenvalue weighted by Crippen LogP contribution is -2.34. The van der Waals surface area contributed by atoms with Crippen molar-refractivity contribution in [3.05, 3.63) is 0 Å². The highest BCUT2D eigenvalue weighted by Crippen LogP contribution is 2.44. The summed E-state index contributed by atoms with van der Waals surface area (Å²) in [5.41, 5.74) is -0.0862. The molecule has 2 atom stereocenters. The van der Waals surface area contributed by atoms with Crippen LogP contribution in [0.3, 0.4) is 0 Å². The number of nitrogens with one attached hydrogen (secondary N) is 1. The summed E-state index contributed by atoms with van der Waals surface area (Å²) < 4.78 is 0. The zero-order valence-electron chi connectivity index (χ0n) is 6.47. The molecule has 0 aromatic carbocycles. The molecule has 3 heteroatoms. The summed E-state index contributed by atoms with van der Waals surface area (Å²) in [5, 5.41) is 12.1. The molecule has 62 valence electrons. The summed E-state index contributed by atoms with van der Waals surface area (Å²) in [7, 11) is 0. The van der Waals surface area contributed by atoms with E-state index in [-0.39, 0.29) is 24.0 Å². The van der Waals surface area contributed by atoms with Gasteiger partial charge in [-0.25, -0.2) is 0 Å². The maximum atomic E-state index is 11.0. The van der Waals surface area contributed by atoms with Gasteiger partial charge in [-0.3, -0.25) is 4.79 Å². The van der Waals surface area contributed by atoms with Gasteiger partial charge in [-0.05, 0) is 12.8 Å². The average molecular weight is 155 g/mol. The fraction of sp³-hybridized carbons (Fsp3) is 0.875. The molecule has 3 nitrogen and oxygen atoms in total.